The maximum absolute atomic E-state index is 12.1. The van der Waals surface area contributed by atoms with E-state index in [0.29, 0.717) is 22.9 Å². The standard InChI is InChI=1S/C20H23ClN2O5/c1-2-26-16-7-9-17(10-8-16)27-11-12-28-19(24)13-18(23-20(22)25)14-3-5-15(21)6-4-14/h3-10,18H,2,11-13H2,1H3,(H3,22,23,25)/t18-/m1/s1. The molecule has 2 aromatic carbocycles. The van der Waals surface area contributed by atoms with E-state index in [1.54, 1.807) is 48.5 Å². The molecule has 3 N–H and O–H groups in total. The van der Waals surface area contributed by atoms with Gasteiger partial charge in [0.25, 0.3) is 0 Å². The van der Waals surface area contributed by atoms with Crippen molar-refractivity contribution in [3.05, 3.63) is 59.1 Å². The van der Waals surface area contributed by atoms with Crippen molar-refractivity contribution >= 4 is 23.6 Å². The first-order valence-corrected chi connectivity index (χ1v) is 9.18. The van der Waals surface area contributed by atoms with E-state index in [4.69, 9.17) is 31.5 Å². The number of hydrogen-bond donors (Lipinski definition) is 2. The van der Waals surface area contributed by atoms with Crippen molar-refractivity contribution < 1.29 is 23.8 Å². The molecule has 0 aromatic heterocycles. The normalized spacial score (nSPS) is 11.4. The van der Waals surface area contributed by atoms with Crippen molar-refractivity contribution in [1.82, 2.24) is 5.32 Å². The van der Waals surface area contributed by atoms with Gasteiger partial charge in [-0.15, -0.1) is 0 Å². The summed E-state index contributed by atoms with van der Waals surface area (Å²) >= 11 is 5.86. The first kappa shape index (κ1) is 21.4. The number of urea groups is 1. The minimum absolute atomic E-state index is 0.0619. The number of esters is 1. The fourth-order valence-corrected chi connectivity index (χ4v) is 2.58. The zero-order chi connectivity index (χ0) is 20.4. The number of nitrogens with two attached hydrogens (primary N) is 1. The highest BCUT2D eigenvalue weighted by Gasteiger charge is 2.18. The second-order valence-electron chi connectivity index (χ2n) is 5.79. The first-order valence-electron chi connectivity index (χ1n) is 8.80. The lowest BCUT2D eigenvalue weighted by Gasteiger charge is -2.17. The molecule has 0 unspecified atom stereocenters. The van der Waals surface area contributed by atoms with Crippen LogP contribution in [-0.4, -0.2) is 31.8 Å². The summed E-state index contributed by atoms with van der Waals surface area (Å²) in [6.07, 6.45) is -0.0619. The van der Waals surface area contributed by atoms with E-state index < -0.39 is 18.0 Å². The molecule has 2 aromatic rings. The minimum atomic E-state index is -0.730. The highest BCUT2D eigenvalue weighted by atomic mass is 35.5. The molecular weight excluding hydrogens is 384 g/mol. The van der Waals surface area contributed by atoms with Crippen LogP contribution >= 0.6 is 11.6 Å². The van der Waals surface area contributed by atoms with Gasteiger partial charge in [0.05, 0.1) is 19.1 Å². The smallest absolute Gasteiger partial charge is 0.312 e. The monoisotopic (exact) mass is 406 g/mol. The molecule has 0 fully saturated rings. The van der Waals surface area contributed by atoms with Crippen molar-refractivity contribution in [3.8, 4) is 11.5 Å². The Morgan fingerprint density at radius 3 is 2.18 bits per heavy atom. The summed E-state index contributed by atoms with van der Waals surface area (Å²) in [5.74, 6) is 0.925. The first-order chi connectivity index (χ1) is 13.5. The van der Waals surface area contributed by atoms with Gasteiger partial charge in [0.1, 0.15) is 24.7 Å². The third kappa shape index (κ3) is 7.36. The molecule has 0 saturated carbocycles. The number of rotatable bonds is 10. The lowest BCUT2D eigenvalue weighted by Crippen LogP contribution is -2.34. The number of hydrogen-bond acceptors (Lipinski definition) is 5. The van der Waals surface area contributed by atoms with Gasteiger partial charge in [0.15, 0.2) is 0 Å². The zero-order valence-corrected chi connectivity index (χ0v) is 16.3. The molecule has 0 spiro atoms. The fourth-order valence-electron chi connectivity index (χ4n) is 2.46. The molecule has 7 nitrogen and oxygen atoms in total. The van der Waals surface area contributed by atoms with E-state index in [-0.39, 0.29) is 19.6 Å². The summed E-state index contributed by atoms with van der Waals surface area (Å²) in [6, 6.07) is 12.6. The Bertz CT molecular complexity index is 765. The van der Waals surface area contributed by atoms with E-state index in [0.717, 1.165) is 5.75 Å². The molecule has 2 amide bonds. The highest BCUT2D eigenvalue weighted by molar-refractivity contribution is 6.30. The topological polar surface area (TPSA) is 99.9 Å². The largest absolute Gasteiger partial charge is 0.494 e. The van der Waals surface area contributed by atoms with Gasteiger partial charge in [-0.05, 0) is 48.9 Å². The van der Waals surface area contributed by atoms with Gasteiger partial charge in [0.2, 0.25) is 0 Å². The molecule has 0 radical (unpaired) electrons. The second kappa shape index (κ2) is 11.0. The van der Waals surface area contributed by atoms with Crippen LogP contribution in [0.5, 0.6) is 11.5 Å². The summed E-state index contributed by atoms with van der Waals surface area (Å²) in [4.78, 5) is 23.3. The van der Waals surface area contributed by atoms with E-state index in [1.807, 2.05) is 6.92 Å². The SMILES string of the molecule is CCOc1ccc(OCCOC(=O)C[C@@H](NC(N)=O)c2ccc(Cl)cc2)cc1. The zero-order valence-electron chi connectivity index (χ0n) is 15.5. The van der Waals surface area contributed by atoms with Crippen molar-refractivity contribution in [3.63, 3.8) is 0 Å². The summed E-state index contributed by atoms with van der Waals surface area (Å²) in [7, 11) is 0. The van der Waals surface area contributed by atoms with Crippen LogP contribution < -0.4 is 20.5 Å². The van der Waals surface area contributed by atoms with Crippen molar-refractivity contribution in [2.24, 2.45) is 5.73 Å². The van der Waals surface area contributed by atoms with Crippen LogP contribution in [0.4, 0.5) is 4.79 Å². The number of carbonyl (C=O) groups excluding carboxylic acids is 2. The quantitative estimate of drug-likeness (QED) is 0.465. The number of halogens is 1. The Labute approximate surface area is 168 Å². The molecule has 2 rings (SSSR count). The van der Waals surface area contributed by atoms with E-state index >= 15 is 0 Å². The predicted molar refractivity (Wildman–Crippen MR) is 106 cm³/mol. The molecule has 0 heterocycles. The number of benzene rings is 2. The van der Waals surface area contributed by atoms with Crippen LogP contribution in [0.3, 0.4) is 0 Å². The van der Waals surface area contributed by atoms with Crippen LogP contribution in [-0.2, 0) is 9.53 Å². The van der Waals surface area contributed by atoms with Gasteiger partial charge in [0, 0.05) is 5.02 Å². The summed E-state index contributed by atoms with van der Waals surface area (Å²) < 4.78 is 16.1. The van der Waals surface area contributed by atoms with Crippen LogP contribution in [0.2, 0.25) is 5.02 Å². The maximum atomic E-state index is 12.1. The number of carbonyl (C=O) groups is 2. The molecule has 8 heteroatoms. The molecule has 0 aliphatic carbocycles. The summed E-state index contributed by atoms with van der Waals surface area (Å²) in [5.41, 5.74) is 5.89. The van der Waals surface area contributed by atoms with Crippen LogP contribution in [0.15, 0.2) is 48.5 Å². The predicted octanol–water partition coefficient (Wildman–Crippen LogP) is 3.46. The summed E-state index contributed by atoms with van der Waals surface area (Å²) in [6.45, 7) is 2.79. The van der Waals surface area contributed by atoms with Gasteiger partial charge in [-0.2, -0.15) is 0 Å². The Morgan fingerprint density at radius 2 is 1.61 bits per heavy atom. The summed E-state index contributed by atoms with van der Waals surface area (Å²) in [5, 5.41) is 3.08. The van der Waals surface area contributed by atoms with Crippen LogP contribution in [0.25, 0.3) is 0 Å². The van der Waals surface area contributed by atoms with Gasteiger partial charge < -0.3 is 25.3 Å². The third-order valence-electron chi connectivity index (χ3n) is 3.71. The molecular formula is C20H23ClN2O5. The number of amides is 2. The Kier molecular flexibility index (Phi) is 8.42. The lowest BCUT2D eigenvalue weighted by atomic mass is 10.0. The van der Waals surface area contributed by atoms with E-state index in [1.165, 1.54) is 0 Å². The number of ether oxygens (including phenoxy) is 3. The Hall–Kier alpha value is -2.93. The van der Waals surface area contributed by atoms with Crippen LogP contribution in [0.1, 0.15) is 24.9 Å². The van der Waals surface area contributed by atoms with Crippen molar-refractivity contribution in [2.75, 3.05) is 19.8 Å². The Morgan fingerprint density at radius 1 is 1.00 bits per heavy atom. The van der Waals surface area contributed by atoms with Crippen LogP contribution in [0, 0.1) is 0 Å². The molecule has 150 valence electrons. The van der Waals surface area contributed by atoms with Crippen molar-refractivity contribution in [2.45, 2.75) is 19.4 Å². The van der Waals surface area contributed by atoms with Gasteiger partial charge in [-0.1, -0.05) is 23.7 Å². The fraction of sp³-hybridized carbons (Fsp3) is 0.300. The molecule has 0 bridgehead atoms. The highest BCUT2D eigenvalue weighted by Crippen LogP contribution is 2.20. The average Bonchev–Trinajstić information content (AvgIpc) is 2.66. The Balaban J connectivity index is 1.78. The number of nitrogens with one attached hydrogen (secondary N) is 1. The van der Waals surface area contributed by atoms with Gasteiger partial charge in [-0.25, -0.2) is 4.79 Å². The van der Waals surface area contributed by atoms with Gasteiger partial charge >= 0.3 is 12.0 Å². The molecule has 0 aliphatic rings. The molecule has 1 atom stereocenters. The number of primary amides is 1. The molecule has 0 aliphatic heterocycles. The van der Waals surface area contributed by atoms with E-state index in [2.05, 4.69) is 5.32 Å². The second-order valence-corrected chi connectivity index (χ2v) is 6.23. The molecule has 28 heavy (non-hydrogen) atoms. The minimum Gasteiger partial charge on any atom is -0.494 e. The van der Waals surface area contributed by atoms with Crippen molar-refractivity contribution in [1.29, 1.82) is 0 Å². The molecule has 0 saturated heterocycles. The lowest BCUT2D eigenvalue weighted by molar-refractivity contribution is -0.144. The van der Waals surface area contributed by atoms with Gasteiger partial charge in [-0.3, -0.25) is 4.79 Å². The maximum Gasteiger partial charge on any atom is 0.312 e. The third-order valence-corrected chi connectivity index (χ3v) is 3.96. The van der Waals surface area contributed by atoms with E-state index in [9.17, 15) is 9.59 Å². The average molecular weight is 407 g/mol.